The Balaban J connectivity index is 0.000000254. The molecule has 4 aromatic rings. The fourth-order valence-electron chi connectivity index (χ4n) is 3.22. The normalized spacial score (nSPS) is 11.2. The van der Waals surface area contributed by atoms with E-state index in [-0.39, 0.29) is 28.7 Å². The zero-order valence-electron chi connectivity index (χ0n) is 24.0. The summed E-state index contributed by atoms with van der Waals surface area (Å²) in [6, 6.07) is 10.8. The number of benzene rings is 2. The van der Waals surface area contributed by atoms with Crippen molar-refractivity contribution in [2.75, 3.05) is 12.4 Å². The van der Waals surface area contributed by atoms with Gasteiger partial charge >= 0.3 is 24.0 Å². The van der Waals surface area contributed by atoms with E-state index >= 15 is 0 Å². The maximum absolute atomic E-state index is 13.5. The van der Waals surface area contributed by atoms with Gasteiger partial charge in [-0.1, -0.05) is 23.7 Å². The number of hydrogen-bond donors (Lipinski definition) is 4. The van der Waals surface area contributed by atoms with Gasteiger partial charge in [0.25, 0.3) is 15.9 Å². The number of ether oxygens (including phenoxy) is 3. The maximum atomic E-state index is 13.5. The molecule has 0 saturated heterocycles. The second-order valence-electron chi connectivity index (χ2n) is 8.67. The van der Waals surface area contributed by atoms with E-state index in [0.717, 1.165) is 18.2 Å². The molecule has 0 bridgehead atoms. The fraction of sp³-hybridized carbons (Fsp3) is 0.148. The molecule has 0 fully saturated rings. The summed E-state index contributed by atoms with van der Waals surface area (Å²) in [5.74, 6) is -2.69. The van der Waals surface area contributed by atoms with Crippen molar-refractivity contribution in [3.63, 3.8) is 0 Å². The molecule has 0 aliphatic carbocycles. The van der Waals surface area contributed by atoms with Crippen LogP contribution in [0.25, 0.3) is 0 Å². The number of rotatable bonds is 10. The summed E-state index contributed by atoms with van der Waals surface area (Å²) in [6.45, 7) is 2.94. The van der Waals surface area contributed by atoms with Gasteiger partial charge in [0.05, 0.1) is 17.7 Å². The number of carbonyl (C=O) groups excluding carboxylic acids is 1. The minimum atomic E-state index is -4.43. The lowest BCUT2D eigenvalue weighted by Gasteiger charge is -2.11. The number of carboxylic acid groups (broad SMARTS) is 2. The van der Waals surface area contributed by atoms with E-state index < -0.39 is 50.4 Å². The predicted molar refractivity (Wildman–Crippen MR) is 157 cm³/mol. The Morgan fingerprint density at radius 3 is 2.26 bits per heavy atom. The van der Waals surface area contributed by atoms with Crippen molar-refractivity contribution in [3.05, 3.63) is 83.0 Å². The number of pyridine rings is 1. The third-order valence-corrected chi connectivity index (χ3v) is 6.84. The first kappa shape index (κ1) is 34.9. The number of nitrogens with zero attached hydrogens (tertiary/aromatic N) is 4. The Labute approximate surface area is 265 Å². The minimum Gasteiger partial charge on any atom is -0.479 e. The van der Waals surface area contributed by atoms with Gasteiger partial charge in [0.1, 0.15) is 22.2 Å². The smallest absolute Gasteiger partial charge is 0.344 e. The zero-order chi connectivity index (χ0) is 34.0. The van der Waals surface area contributed by atoms with Crippen LogP contribution in [0.1, 0.15) is 23.1 Å². The molecule has 19 heteroatoms. The third-order valence-electron chi connectivity index (χ3n) is 5.24. The minimum absolute atomic E-state index is 0.0677. The van der Waals surface area contributed by atoms with Crippen LogP contribution in [0.4, 0.5) is 15.1 Å². The van der Waals surface area contributed by atoms with Crippen molar-refractivity contribution in [1.29, 1.82) is 0 Å². The first-order chi connectivity index (χ1) is 21.7. The summed E-state index contributed by atoms with van der Waals surface area (Å²) < 4.78 is 54.9. The fourth-order valence-corrected chi connectivity index (χ4v) is 4.47. The van der Waals surface area contributed by atoms with Gasteiger partial charge in [0.15, 0.2) is 11.9 Å². The Morgan fingerprint density at radius 2 is 1.65 bits per heavy atom. The van der Waals surface area contributed by atoms with E-state index in [4.69, 9.17) is 36.0 Å². The number of halogens is 2. The lowest BCUT2D eigenvalue weighted by molar-refractivity contribution is -0.144. The van der Waals surface area contributed by atoms with Crippen LogP contribution in [0.5, 0.6) is 23.4 Å². The maximum Gasteiger partial charge on any atom is 0.344 e. The standard InChI is InChI=1S/C14H11ClFNO4.C13H13N5O6S/c1-8(14(18)19)20-10-2-4-11(5-3-10)21-13-12(16)6-9(15)7-17-13;1-7-14-11(17-13(15-7)24-2)16-12(21)18-25(22,23)9-6-4-3-5-8(9)10(19)20/h2-8H,1H3,(H,18,19);3-6H,1-2H3,(H,19,20)(H2,14,15,16,17,18,21)/t8-;/m1./s1. The van der Waals surface area contributed by atoms with E-state index in [2.05, 4.69) is 25.3 Å². The molecule has 0 aliphatic heterocycles. The molecule has 242 valence electrons. The van der Waals surface area contributed by atoms with Crippen molar-refractivity contribution in [2.24, 2.45) is 0 Å². The number of carbonyl (C=O) groups is 3. The summed E-state index contributed by atoms with van der Waals surface area (Å²) in [5.41, 5.74) is -0.472. The molecule has 0 spiro atoms. The number of aryl methyl sites for hydroxylation is 1. The second kappa shape index (κ2) is 15.4. The third kappa shape index (κ3) is 9.96. The van der Waals surface area contributed by atoms with Crippen molar-refractivity contribution >= 4 is 45.5 Å². The first-order valence-electron chi connectivity index (χ1n) is 12.6. The van der Waals surface area contributed by atoms with E-state index in [1.165, 1.54) is 63.6 Å². The number of nitrogens with one attached hydrogen (secondary N) is 2. The Kier molecular flexibility index (Phi) is 11.7. The van der Waals surface area contributed by atoms with Gasteiger partial charge in [-0.15, -0.1) is 0 Å². The highest BCUT2D eigenvalue weighted by Gasteiger charge is 2.24. The van der Waals surface area contributed by atoms with Crippen LogP contribution in [0.3, 0.4) is 0 Å². The van der Waals surface area contributed by atoms with Crippen LogP contribution in [-0.2, 0) is 14.8 Å². The lowest BCUT2D eigenvalue weighted by Crippen LogP contribution is -2.35. The molecule has 4 N–H and O–H groups in total. The summed E-state index contributed by atoms with van der Waals surface area (Å²) in [5, 5.41) is 20.1. The van der Waals surface area contributed by atoms with E-state index in [1.807, 2.05) is 0 Å². The van der Waals surface area contributed by atoms with Crippen molar-refractivity contribution in [1.82, 2.24) is 24.7 Å². The molecular weight excluding hydrogens is 655 g/mol. The molecule has 4 rings (SSSR count). The molecule has 0 unspecified atom stereocenters. The largest absolute Gasteiger partial charge is 0.479 e. The van der Waals surface area contributed by atoms with Gasteiger partial charge in [0, 0.05) is 6.20 Å². The number of amides is 2. The number of aliphatic carboxylic acids is 1. The second-order valence-corrected chi connectivity index (χ2v) is 10.8. The number of sulfonamides is 1. The molecule has 0 saturated carbocycles. The molecule has 0 radical (unpaired) electrons. The average molecular weight is 679 g/mol. The van der Waals surface area contributed by atoms with Crippen LogP contribution < -0.4 is 24.2 Å². The summed E-state index contributed by atoms with van der Waals surface area (Å²) in [4.78, 5) is 48.2. The lowest BCUT2D eigenvalue weighted by atomic mass is 10.2. The number of anilines is 1. The summed E-state index contributed by atoms with van der Waals surface area (Å²) in [6.07, 6.45) is 0.304. The summed E-state index contributed by atoms with van der Waals surface area (Å²) in [7, 11) is -3.11. The number of urea groups is 1. The Hall–Kier alpha value is -5.62. The van der Waals surface area contributed by atoms with Crippen molar-refractivity contribution in [2.45, 2.75) is 24.8 Å². The van der Waals surface area contributed by atoms with E-state index in [0.29, 0.717) is 11.5 Å². The monoisotopic (exact) mass is 678 g/mol. The molecule has 2 aromatic heterocycles. The molecule has 2 amide bonds. The number of aromatic carboxylic acids is 1. The highest BCUT2D eigenvalue weighted by atomic mass is 35.5. The highest BCUT2D eigenvalue weighted by Crippen LogP contribution is 2.26. The van der Waals surface area contributed by atoms with Gasteiger partial charge in [-0.3, -0.25) is 5.32 Å². The number of carboxylic acids is 2. The molecule has 46 heavy (non-hydrogen) atoms. The molecule has 1 atom stereocenters. The molecule has 2 aromatic carbocycles. The first-order valence-corrected chi connectivity index (χ1v) is 14.5. The molecular formula is C27H24ClFN6O10S. The number of methoxy groups -OCH3 is 1. The molecule has 16 nitrogen and oxygen atoms in total. The quantitative estimate of drug-likeness (QED) is 0.186. The Bertz CT molecular complexity index is 1850. The topological polar surface area (TPSA) is 229 Å². The highest BCUT2D eigenvalue weighted by molar-refractivity contribution is 7.90. The van der Waals surface area contributed by atoms with Gasteiger partial charge in [-0.2, -0.15) is 15.0 Å². The van der Waals surface area contributed by atoms with E-state index in [1.54, 1.807) is 4.72 Å². The van der Waals surface area contributed by atoms with Gasteiger partial charge in [-0.25, -0.2) is 36.9 Å². The van der Waals surface area contributed by atoms with Gasteiger partial charge in [-0.05, 0) is 56.3 Å². The van der Waals surface area contributed by atoms with Crippen LogP contribution in [0.15, 0.2) is 65.7 Å². The molecule has 0 aliphatic rings. The van der Waals surface area contributed by atoms with Crippen LogP contribution in [0, 0.1) is 12.7 Å². The number of aromatic nitrogens is 4. The SMILES string of the molecule is COc1nc(C)nc(NC(=O)NS(=O)(=O)c2ccccc2C(=O)O)n1.C[C@@H](Oc1ccc(Oc2ncc(Cl)cc2F)cc1)C(=O)O. The number of hydrogen-bond acceptors (Lipinski definition) is 12. The Morgan fingerprint density at radius 1 is 1.00 bits per heavy atom. The van der Waals surface area contributed by atoms with Gasteiger partial charge in [0.2, 0.25) is 5.95 Å². The summed E-state index contributed by atoms with van der Waals surface area (Å²) >= 11 is 5.59. The zero-order valence-corrected chi connectivity index (χ0v) is 25.5. The molecule has 2 heterocycles. The van der Waals surface area contributed by atoms with Crippen LogP contribution in [-0.4, -0.2) is 69.8 Å². The van der Waals surface area contributed by atoms with Gasteiger partial charge < -0.3 is 24.4 Å². The van der Waals surface area contributed by atoms with Crippen molar-refractivity contribution < 1.29 is 51.6 Å². The van der Waals surface area contributed by atoms with Crippen molar-refractivity contribution in [3.8, 4) is 23.4 Å². The van der Waals surface area contributed by atoms with E-state index in [9.17, 15) is 27.2 Å². The van der Waals surface area contributed by atoms with Crippen LogP contribution >= 0.6 is 11.6 Å². The average Bonchev–Trinajstić information content (AvgIpc) is 2.99. The van der Waals surface area contributed by atoms with Crippen LogP contribution in [0.2, 0.25) is 5.02 Å². The predicted octanol–water partition coefficient (Wildman–Crippen LogP) is 3.92.